The molecule has 0 saturated heterocycles. The molecule has 0 aliphatic carbocycles. The first kappa shape index (κ1) is 15.5. The fourth-order valence-corrected chi connectivity index (χ4v) is 3.08. The van der Waals surface area contributed by atoms with E-state index in [4.69, 9.17) is 0 Å². The number of benzene rings is 2. The van der Waals surface area contributed by atoms with Crippen LogP contribution in [0.15, 0.2) is 42.5 Å². The number of nitrogens with one attached hydrogen (secondary N) is 1. The van der Waals surface area contributed by atoms with E-state index in [9.17, 15) is 0 Å². The molecule has 0 heterocycles. The van der Waals surface area contributed by atoms with Crippen LogP contribution in [0, 0.1) is 17.4 Å². The molecule has 0 fully saturated rings. The second-order valence-electron chi connectivity index (χ2n) is 5.30. The predicted octanol–water partition coefficient (Wildman–Crippen LogP) is 4.80. The standard InChI is InChI=1S/C18H22IN/c1-4-20-18(15-6-5-7-17(19)11-15)12-16-10-13(2)8-9-14(16)3/h5-11,18,20H,4,12H2,1-3H3. The first-order chi connectivity index (χ1) is 9.60. The van der Waals surface area contributed by atoms with Gasteiger partial charge in [-0.3, -0.25) is 0 Å². The third-order valence-corrected chi connectivity index (χ3v) is 4.30. The molecule has 1 N–H and O–H groups in total. The minimum Gasteiger partial charge on any atom is -0.310 e. The number of rotatable bonds is 5. The molecular formula is C18H22IN. The van der Waals surface area contributed by atoms with Crippen molar-refractivity contribution in [2.45, 2.75) is 33.2 Å². The molecule has 2 rings (SSSR count). The van der Waals surface area contributed by atoms with E-state index >= 15 is 0 Å². The summed E-state index contributed by atoms with van der Waals surface area (Å²) in [5, 5.41) is 3.62. The Bertz CT molecular complexity index is 577. The van der Waals surface area contributed by atoms with Crippen molar-refractivity contribution in [3.63, 3.8) is 0 Å². The van der Waals surface area contributed by atoms with Crippen molar-refractivity contribution in [2.75, 3.05) is 6.54 Å². The van der Waals surface area contributed by atoms with E-state index in [-0.39, 0.29) is 0 Å². The molecular weight excluding hydrogens is 357 g/mol. The van der Waals surface area contributed by atoms with Crippen LogP contribution in [0.1, 0.15) is 35.2 Å². The van der Waals surface area contributed by atoms with Gasteiger partial charge in [0.2, 0.25) is 0 Å². The van der Waals surface area contributed by atoms with Gasteiger partial charge in [-0.05, 0) is 78.2 Å². The Morgan fingerprint density at radius 2 is 1.90 bits per heavy atom. The summed E-state index contributed by atoms with van der Waals surface area (Å²) in [6.45, 7) is 7.52. The van der Waals surface area contributed by atoms with Crippen LogP contribution < -0.4 is 5.32 Å². The lowest BCUT2D eigenvalue weighted by molar-refractivity contribution is 0.548. The van der Waals surface area contributed by atoms with Gasteiger partial charge in [-0.1, -0.05) is 42.8 Å². The highest BCUT2D eigenvalue weighted by atomic mass is 127. The summed E-state index contributed by atoms with van der Waals surface area (Å²) in [5.41, 5.74) is 5.53. The Morgan fingerprint density at radius 3 is 2.60 bits per heavy atom. The molecule has 0 saturated carbocycles. The zero-order valence-electron chi connectivity index (χ0n) is 12.4. The lowest BCUT2D eigenvalue weighted by Crippen LogP contribution is -2.23. The molecule has 0 bridgehead atoms. The average Bonchev–Trinajstić information content (AvgIpc) is 2.42. The molecule has 20 heavy (non-hydrogen) atoms. The first-order valence-corrected chi connectivity index (χ1v) is 8.23. The molecule has 0 aliphatic heterocycles. The van der Waals surface area contributed by atoms with Crippen molar-refractivity contribution in [1.29, 1.82) is 0 Å². The van der Waals surface area contributed by atoms with Gasteiger partial charge in [-0.25, -0.2) is 0 Å². The highest BCUT2D eigenvalue weighted by Gasteiger charge is 2.12. The van der Waals surface area contributed by atoms with Crippen molar-refractivity contribution >= 4 is 22.6 Å². The minimum absolute atomic E-state index is 0.384. The second kappa shape index (κ2) is 7.23. The average molecular weight is 379 g/mol. The Labute approximate surface area is 135 Å². The summed E-state index contributed by atoms with van der Waals surface area (Å²) in [4.78, 5) is 0. The van der Waals surface area contributed by atoms with E-state index in [0.29, 0.717) is 6.04 Å². The maximum Gasteiger partial charge on any atom is 0.0361 e. The summed E-state index contributed by atoms with van der Waals surface area (Å²) in [6.07, 6.45) is 1.04. The van der Waals surface area contributed by atoms with Crippen LogP contribution in [0.3, 0.4) is 0 Å². The van der Waals surface area contributed by atoms with Gasteiger partial charge in [-0.15, -0.1) is 0 Å². The van der Waals surface area contributed by atoms with Crippen molar-refractivity contribution in [1.82, 2.24) is 5.32 Å². The Balaban J connectivity index is 2.27. The molecule has 0 aromatic heterocycles. The van der Waals surface area contributed by atoms with E-state index in [0.717, 1.165) is 13.0 Å². The lowest BCUT2D eigenvalue weighted by atomic mass is 9.95. The fourth-order valence-electron chi connectivity index (χ4n) is 2.52. The van der Waals surface area contributed by atoms with Crippen LogP contribution in [-0.4, -0.2) is 6.54 Å². The SMILES string of the molecule is CCNC(Cc1cc(C)ccc1C)c1cccc(I)c1. The molecule has 106 valence electrons. The molecule has 0 aliphatic rings. The van der Waals surface area contributed by atoms with Crippen LogP contribution in [0.4, 0.5) is 0 Å². The van der Waals surface area contributed by atoms with Gasteiger partial charge in [0, 0.05) is 9.61 Å². The summed E-state index contributed by atoms with van der Waals surface area (Å²) in [5.74, 6) is 0. The zero-order chi connectivity index (χ0) is 14.5. The fraction of sp³-hybridized carbons (Fsp3) is 0.333. The van der Waals surface area contributed by atoms with Crippen molar-refractivity contribution in [2.24, 2.45) is 0 Å². The van der Waals surface area contributed by atoms with Crippen LogP contribution >= 0.6 is 22.6 Å². The van der Waals surface area contributed by atoms with Crippen LogP contribution in [0.2, 0.25) is 0 Å². The lowest BCUT2D eigenvalue weighted by Gasteiger charge is -2.20. The molecule has 2 aromatic rings. The second-order valence-corrected chi connectivity index (χ2v) is 6.54. The Hall–Kier alpha value is -0.870. The molecule has 0 radical (unpaired) electrons. The predicted molar refractivity (Wildman–Crippen MR) is 95.2 cm³/mol. The van der Waals surface area contributed by atoms with Gasteiger partial charge >= 0.3 is 0 Å². The summed E-state index contributed by atoms with van der Waals surface area (Å²) >= 11 is 2.38. The van der Waals surface area contributed by atoms with E-state index in [2.05, 4.69) is 91.1 Å². The van der Waals surface area contributed by atoms with E-state index in [1.165, 1.54) is 25.8 Å². The highest BCUT2D eigenvalue weighted by Crippen LogP contribution is 2.22. The zero-order valence-corrected chi connectivity index (χ0v) is 14.6. The number of hydrogen-bond acceptors (Lipinski definition) is 1. The topological polar surface area (TPSA) is 12.0 Å². The number of aryl methyl sites for hydroxylation is 2. The van der Waals surface area contributed by atoms with Gasteiger partial charge in [-0.2, -0.15) is 0 Å². The molecule has 2 aromatic carbocycles. The number of hydrogen-bond donors (Lipinski definition) is 1. The quantitative estimate of drug-likeness (QED) is 0.736. The van der Waals surface area contributed by atoms with E-state index < -0.39 is 0 Å². The number of halogens is 1. The summed E-state index contributed by atoms with van der Waals surface area (Å²) in [7, 11) is 0. The van der Waals surface area contributed by atoms with Gasteiger partial charge < -0.3 is 5.32 Å². The third kappa shape index (κ3) is 4.06. The molecule has 1 atom stereocenters. The van der Waals surface area contributed by atoms with Crippen molar-refractivity contribution in [3.05, 3.63) is 68.3 Å². The Kier molecular flexibility index (Phi) is 5.61. The normalized spacial score (nSPS) is 12.4. The van der Waals surface area contributed by atoms with E-state index in [1.807, 2.05) is 0 Å². The molecule has 1 unspecified atom stereocenters. The van der Waals surface area contributed by atoms with Crippen LogP contribution in [-0.2, 0) is 6.42 Å². The van der Waals surface area contributed by atoms with Crippen LogP contribution in [0.5, 0.6) is 0 Å². The molecule has 2 heteroatoms. The monoisotopic (exact) mass is 379 g/mol. The van der Waals surface area contributed by atoms with Crippen molar-refractivity contribution < 1.29 is 0 Å². The maximum absolute atomic E-state index is 3.62. The van der Waals surface area contributed by atoms with Crippen molar-refractivity contribution in [3.8, 4) is 0 Å². The van der Waals surface area contributed by atoms with Gasteiger partial charge in [0.15, 0.2) is 0 Å². The molecule has 0 amide bonds. The largest absolute Gasteiger partial charge is 0.310 e. The highest BCUT2D eigenvalue weighted by molar-refractivity contribution is 14.1. The summed E-state index contributed by atoms with van der Waals surface area (Å²) < 4.78 is 1.30. The van der Waals surface area contributed by atoms with Gasteiger partial charge in [0.05, 0.1) is 0 Å². The smallest absolute Gasteiger partial charge is 0.0361 e. The first-order valence-electron chi connectivity index (χ1n) is 7.15. The van der Waals surface area contributed by atoms with E-state index in [1.54, 1.807) is 0 Å². The third-order valence-electron chi connectivity index (χ3n) is 3.63. The van der Waals surface area contributed by atoms with Gasteiger partial charge in [0.1, 0.15) is 0 Å². The molecule has 1 nitrogen and oxygen atoms in total. The number of likely N-dealkylation sites (N-methyl/N-ethyl adjacent to an activating group) is 1. The molecule has 0 spiro atoms. The van der Waals surface area contributed by atoms with Gasteiger partial charge in [0.25, 0.3) is 0 Å². The Morgan fingerprint density at radius 1 is 1.10 bits per heavy atom. The maximum atomic E-state index is 3.62. The minimum atomic E-state index is 0.384. The summed E-state index contributed by atoms with van der Waals surface area (Å²) in [6, 6.07) is 15.9. The van der Waals surface area contributed by atoms with Crippen LogP contribution in [0.25, 0.3) is 0 Å².